The Morgan fingerprint density at radius 3 is 2.30 bits per heavy atom. The summed E-state index contributed by atoms with van der Waals surface area (Å²) < 4.78 is 11.9. The van der Waals surface area contributed by atoms with Crippen molar-refractivity contribution in [3.63, 3.8) is 0 Å². The van der Waals surface area contributed by atoms with Gasteiger partial charge in [-0.15, -0.1) is 5.06 Å². The zero-order chi connectivity index (χ0) is 31.4. The van der Waals surface area contributed by atoms with Gasteiger partial charge in [0.05, 0.1) is 25.4 Å². The first-order valence-electron chi connectivity index (χ1n) is 14.1. The number of aliphatic carboxylic acids is 1. The van der Waals surface area contributed by atoms with Crippen molar-refractivity contribution in [2.75, 3.05) is 52.5 Å². The molecule has 15 nitrogen and oxygen atoms in total. The summed E-state index contributed by atoms with van der Waals surface area (Å²) in [5.41, 5.74) is 0.489. The highest BCUT2D eigenvalue weighted by Gasteiger charge is 2.31. The third-order valence-electron chi connectivity index (χ3n) is 6.64. The van der Waals surface area contributed by atoms with E-state index in [0.29, 0.717) is 18.8 Å². The second-order valence-electron chi connectivity index (χ2n) is 9.46. The molecule has 2 N–H and O–H groups in total. The molecule has 0 spiro atoms. The number of carbonyl (C=O) groups is 5. The number of carbonyl (C=O) groups excluding carboxylic acids is 4. The number of piperazine rings is 1. The van der Waals surface area contributed by atoms with Crippen molar-refractivity contribution in [2.45, 2.75) is 39.7 Å². The van der Waals surface area contributed by atoms with Crippen LogP contribution in [0.1, 0.15) is 44.1 Å². The monoisotopic (exact) mass is 602 g/mol. The van der Waals surface area contributed by atoms with Gasteiger partial charge in [0, 0.05) is 38.7 Å². The number of aromatic nitrogens is 2. The van der Waals surface area contributed by atoms with Crippen LogP contribution in [0, 0.1) is 0 Å². The van der Waals surface area contributed by atoms with Gasteiger partial charge in [-0.25, -0.2) is 9.48 Å². The molecule has 0 unspecified atom stereocenters. The van der Waals surface area contributed by atoms with Gasteiger partial charge < -0.3 is 34.5 Å². The Balaban J connectivity index is 1.75. The van der Waals surface area contributed by atoms with Gasteiger partial charge in [0.2, 0.25) is 11.8 Å². The standard InChI is InChI=1S/C28H38N6O9/c1-4-31(5-2)23(35)19-42-24-18-22(30-34(24)20-10-8-7-9-11-20)26(38)29-21(12-13-25(36)37)27(39)32-14-16-33(17-15-32)43-28(40)41-6-3/h7-11,18,21H,4-6,12-17,19H2,1-3H3,(H,29,38)(H,36,37)/t21-/m0/s1. The molecular formula is C28H38N6O9. The third kappa shape index (κ3) is 9.43. The molecule has 1 aromatic carbocycles. The fraction of sp³-hybridized carbons (Fsp3) is 0.500. The fourth-order valence-corrected chi connectivity index (χ4v) is 4.36. The molecule has 3 rings (SSSR count). The molecule has 2 heterocycles. The maximum atomic E-state index is 13.4. The number of para-hydroxylation sites is 1. The molecular weight excluding hydrogens is 564 g/mol. The summed E-state index contributed by atoms with van der Waals surface area (Å²) in [5, 5.41) is 17.6. The number of carboxylic acid groups (broad SMARTS) is 1. The molecule has 0 radical (unpaired) electrons. The highest BCUT2D eigenvalue weighted by molar-refractivity contribution is 5.96. The average Bonchev–Trinajstić information content (AvgIpc) is 3.44. The van der Waals surface area contributed by atoms with Crippen LogP contribution in [0.5, 0.6) is 5.88 Å². The number of likely N-dealkylation sites (N-methyl/N-ethyl adjacent to an activating group) is 1. The van der Waals surface area contributed by atoms with Crippen LogP contribution in [0.25, 0.3) is 5.69 Å². The molecule has 1 atom stereocenters. The fourth-order valence-electron chi connectivity index (χ4n) is 4.36. The lowest BCUT2D eigenvalue weighted by Gasteiger charge is -2.35. The molecule has 0 bridgehead atoms. The second-order valence-corrected chi connectivity index (χ2v) is 9.46. The first-order valence-corrected chi connectivity index (χ1v) is 14.1. The van der Waals surface area contributed by atoms with E-state index in [1.807, 2.05) is 19.9 Å². The van der Waals surface area contributed by atoms with Crippen molar-refractivity contribution < 1.29 is 43.4 Å². The number of hydrogen-bond donors (Lipinski definition) is 2. The Morgan fingerprint density at radius 2 is 1.70 bits per heavy atom. The molecule has 3 amide bonds. The van der Waals surface area contributed by atoms with Crippen molar-refractivity contribution in [3.8, 4) is 11.6 Å². The minimum Gasteiger partial charge on any atom is -0.481 e. The van der Waals surface area contributed by atoms with E-state index >= 15 is 0 Å². The Kier molecular flexibility index (Phi) is 12.3. The van der Waals surface area contributed by atoms with Crippen LogP contribution in [0.4, 0.5) is 4.79 Å². The zero-order valence-electron chi connectivity index (χ0n) is 24.6. The molecule has 0 saturated carbocycles. The summed E-state index contributed by atoms with van der Waals surface area (Å²) in [6, 6.07) is 9.07. The number of benzene rings is 1. The quantitative estimate of drug-likeness (QED) is 0.299. The Labute approximate surface area is 249 Å². The summed E-state index contributed by atoms with van der Waals surface area (Å²) in [6.07, 6.45) is -1.35. The topological polar surface area (TPSA) is 173 Å². The maximum absolute atomic E-state index is 13.4. The minimum atomic E-state index is -1.16. The number of rotatable bonds is 14. The highest BCUT2D eigenvalue weighted by atomic mass is 16.8. The largest absolute Gasteiger partial charge is 0.527 e. The van der Waals surface area contributed by atoms with Gasteiger partial charge >= 0.3 is 12.1 Å². The number of nitrogens with one attached hydrogen (secondary N) is 1. The predicted molar refractivity (Wildman–Crippen MR) is 151 cm³/mol. The summed E-state index contributed by atoms with van der Waals surface area (Å²) in [5.74, 6) is -2.41. The zero-order valence-corrected chi connectivity index (χ0v) is 24.6. The second kappa shape index (κ2) is 16.1. The summed E-state index contributed by atoms with van der Waals surface area (Å²) in [7, 11) is 0. The van der Waals surface area contributed by atoms with Crippen molar-refractivity contribution in [1.82, 2.24) is 30.0 Å². The van der Waals surface area contributed by atoms with E-state index in [9.17, 15) is 29.1 Å². The maximum Gasteiger partial charge on any atom is 0.527 e. The van der Waals surface area contributed by atoms with E-state index < -0.39 is 30.0 Å². The average molecular weight is 603 g/mol. The number of hydrogen-bond acceptors (Lipinski definition) is 10. The van der Waals surface area contributed by atoms with Gasteiger partial charge in [-0.1, -0.05) is 18.2 Å². The summed E-state index contributed by atoms with van der Waals surface area (Å²) in [6.45, 7) is 7.06. The van der Waals surface area contributed by atoms with Gasteiger partial charge in [-0.05, 0) is 39.3 Å². The Bertz CT molecular complexity index is 1260. The van der Waals surface area contributed by atoms with Crippen molar-refractivity contribution >= 4 is 29.8 Å². The molecule has 43 heavy (non-hydrogen) atoms. The van der Waals surface area contributed by atoms with Crippen molar-refractivity contribution in [3.05, 3.63) is 42.1 Å². The van der Waals surface area contributed by atoms with E-state index in [0.717, 1.165) is 0 Å². The number of hydroxylamine groups is 2. The van der Waals surface area contributed by atoms with Gasteiger partial charge in [0.15, 0.2) is 12.3 Å². The predicted octanol–water partition coefficient (Wildman–Crippen LogP) is 1.32. The molecule has 0 aliphatic carbocycles. The van der Waals surface area contributed by atoms with Crippen LogP contribution in [0.15, 0.2) is 36.4 Å². The first kappa shape index (κ1) is 32.8. The summed E-state index contributed by atoms with van der Waals surface area (Å²) >= 11 is 0. The normalized spacial score (nSPS) is 14.0. The van der Waals surface area contributed by atoms with E-state index in [1.54, 1.807) is 36.1 Å². The van der Waals surface area contributed by atoms with Crippen molar-refractivity contribution in [1.29, 1.82) is 0 Å². The van der Waals surface area contributed by atoms with E-state index in [1.165, 1.54) is 20.7 Å². The van der Waals surface area contributed by atoms with Crippen LogP contribution in [0.3, 0.4) is 0 Å². The van der Waals surface area contributed by atoms with Crippen LogP contribution >= 0.6 is 0 Å². The first-order chi connectivity index (χ1) is 20.7. The number of ether oxygens (including phenoxy) is 2. The summed E-state index contributed by atoms with van der Waals surface area (Å²) in [4.78, 5) is 70.3. The lowest BCUT2D eigenvalue weighted by molar-refractivity contribution is -0.157. The number of amides is 3. The highest BCUT2D eigenvalue weighted by Crippen LogP contribution is 2.20. The van der Waals surface area contributed by atoms with Crippen LogP contribution < -0.4 is 10.1 Å². The molecule has 1 saturated heterocycles. The van der Waals surface area contributed by atoms with Gasteiger partial charge in [-0.3, -0.25) is 19.2 Å². The molecule has 1 aromatic heterocycles. The lowest BCUT2D eigenvalue weighted by atomic mass is 10.1. The number of carboxylic acids is 1. The lowest BCUT2D eigenvalue weighted by Crippen LogP contribution is -2.55. The molecule has 1 fully saturated rings. The smallest absolute Gasteiger partial charge is 0.481 e. The van der Waals surface area contributed by atoms with E-state index in [2.05, 4.69) is 10.4 Å². The van der Waals surface area contributed by atoms with Crippen molar-refractivity contribution in [2.24, 2.45) is 0 Å². The van der Waals surface area contributed by atoms with Gasteiger partial charge in [-0.2, -0.15) is 5.10 Å². The van der Waals surface area contributed by atoms with Gasteiger partial charge in [0.1, 0.15) is 6.04 Å². The SMILES string of the molecule is CCOC(=O)ON1CCN(C(=O)[C@H](CCC(=O)O)NC(=O)c2cc(OCC(=O)N(CC)CC)n(-c3ccccc3)n2)CC1. The molecule has 1 aliphatic rings. The van der Waals surface area contributed by atoms with Gasteiger partial charge in [0.25, 0.3) is 11.8 Å². The number of nitrogens with zero attached hydrogens (tertiary/aromatic N) is 5. The minimum absolute atomic E-state index is 0.0880. The molecule has 1 aliphatic heterocycles. The van der Waals surface area contributed by atoms with Crippen LogP contribution in [-0.2, 0) is 24.0 Å². The van der Waals surface area contributed by atoms with Crippen LogP contribution in [0.2, 0.25) is 0 Å². The Hall–Kier alpha value is -4.66. The van der Waals surface area contributed by atoms with E-state index in [-0.39, 0.29) is 69.7 Å². The third-order valence-corrected chi connectivity index (χ3v) is 6.64. The Morgan fingerprint density at radius 1 is 1.02 bits per heavy atom. The molecule has 2 aromatic rings. The van der Waals surface area contributed by atoms with E-state index in [4.69, 9.17) is 14.3 Å². The molecule has 15 heteroatoms. The van der Waals surface area contributed by atoms with Crippen LogP contribution in [-0.4, -0.2) is 118 Å². The molecule has 234 valence electrons.